The normalized spacial score (nSPS) is 40.9. The van der Waals surface area contributed by atoms with Gasteiger partial charge in [0.1, 0.15) is 0 Å². The summed E-state index contributed by atoms with van der Waals surface area (Å²) in [4.78, 5) is 0. The molecule has 0 amide bonds. The van der Waals surface area contributed by atoms with Crippen LogP contribution in [0.5, 0.6) is 0 Å². The third kappa shape index (κ3) is 0.455. The average Bonchev–Trinajstić information content (AvgIpc) is 2.39. The maximum atomic E-state index is 3.42. The molecule has 1 saturated heterocycles. The van der Waals surface area contributed by atoms with Crippen LogP contribution in [0.25, 0.3) is 0 Å². The van der Waals surface area contributed by atoms with Crippen molar-refractivity contribution in [2.45, 2.75) is 19.8 Å². The summed E-state index contributed by atoms with van der Waals surface area (Å²) in [6.45, 7) is 4.93. The van der Waals surface area contributed by atoms with Crippen LogP contribution in [0.3, 0.4) is 0 Å². The van der Waals surface area contributed by atoms with E-state index in [-0.39, 0.29) is 0 Å². The van der Waals surface area contributed by atoms with Crippen LogP contribution in [0, 0.1) is 11.3 Å². The third-order valence-electron chi connectivity index (χ3n) is 2.87. The Hall–Kier alpha value is -0.0400. The predicted octanol–water partition coefficient (Wildman–Crippen LogP) is 1.01. The quantitative estimate of drug-likeness (QED) is 0.492. The minimum absolute atomic E-state index is 0.792. The molecule has 46 valence electrons. The second-order valence-electron chi connectivity index (χ2n) is 3.39. The van der Waals surface area contributed by atoms with Crippen LogP contribution in [0.15, 0.2) is 0 Å². The molecule has 0 radical (unpaired) electrons. The standard InChI is InChI=1S/C7H13N/c1-6-4-8-5-7(6)2-3-7/h6,8H,2-5H2,1H3/t6-/m0/s1. The van der Waals surface area contributed by atoms with E-state index >= 15 is 0 Å². The highest BCUT2D eigenvalue weighted by Crippen LogP contribution is 2.53. The lowest BCUT2D eigenvalue weighted by molar-refractivity contribution is 0.432. The molecule has 0 bridgehead atoms. The van der Waals surface area contributed by atoms with Gasteiger partial charge in [0, 0.05) is 6.54 Å². The van der Waals surface area contributed by atoms with Crippen LogP contribution in [-0.4, -0.2) is 13.1 Å². The molecule has 0 unspecified atom stereocenters. The van der Waals surface area contributed by atoms with Gasteiger partial charge in [-0.15, -0.1) is 0 Å². The molecule has 1 aliphatic heterocycles. The highest BCUT2D eigenvalue weighted by Gasteiger charge is 2.49. The Morgan fingerprint density at radius 2 is 2.25 bits per heavy atom. The van der Waals surface area contributed by atoms with E-state index in [0.29, 0.717) is 0 Å². The minimum Gasteiger partial charge on any atom is -0.316 e. The monoisotopic (exact) mass is 111 g/mol. The van der Waals surface area contributed by atoms with Gasteiger partial charge < -0.3 is 5.32 Å². The predicted molar refractivity (Wildman–Crippen MR) is 33.7 cm³/mol. The van der Waals surface area contributed by atoms with E-state index in [1.54, 1.807) is 0 Å². The summed E-state index contributed by atoms with van der Waals surface area (Å²) in [6.07, 6.45) is 2.97. The van der Waals surface area contributed by atoms with Crippen molar-refractivity contribution in [3.8, 4) is 0 Å². The molecule has 2 aliphatic rings. The fourth-order valence-electron chi connectivity index (χ4n) is 1.76. The van der Waals surface area contributed by atoms with E-state index in [2.05, 4.69) is 12.2 Å². The molecular formula is C7H13N. The molecule has 1 heteroatoms. The largest absolute Gasteiger partial charge is 0.316 e. The molecule has 8 heavy (non-hydrogen) atoms. The molecule has 1 atom stereocenters. The second kappa shape index (κ2) is 1.27. The summed E-state index contributed by atoms with van der Waals surface area (Å²) in [6, 6.07) is 0. The van der Waals surface area contributed by atoms with Crippen molar-refractivity contribution in [3.05, 3.63) is 0 Å². The molecule has 0 aromatic carbocycles. The first kappa shape index (κ1) is 4.80. The van der Waals surface area contributed by atoms with E-state index in [9.17, 15) is 0 Å². The van der Waals surface area contributed by atoms with Gasteiger partial charge >= 0.3 is 0 Å². The van der Waals surface area contributed by atoms with E-state index in [0.717, 1.165) is 11.3 Å². The molecule has 1 nitrogen and oxygen atoms in total. The lowest BCUT2D eigenvalue weighted by atomic mass is 9.95. The van der Waals surface area contributed by atoms with Crippen LogP contribution in [0.2, 0.25) is 0 Å². The molecule has 1 N–H and O–H groups in total. The summed E-state index contributed by atoms with van der Waals surface area (Å²) in [5.41, 5.74) is 0.792. The van der Waals surface area contributed by atoms with Crippen molar-refractivity contribution >= 4 is 0 Å². The molecule has 1 heterocycles. The first-order valence-corrected chi connectivity index (χ1v) is 3.54. The van der Waals surface area contributed by atoms with Gasteiger partial charge in [-0.2, -0.15) is 0 Å². The Balaban J connectivity index is 2.12. The maximum Gasteiger partial charge on any atom is 0.00110 e. The molecule has 0 aromatic rings. The molecule has 1 spiro atoms. The first-order chi connectivity index (χ1) is 3.83. The highest BCUT2D eigenvalue weighted by atomic mass is 15.0. The third-order valence-corrected chi connectivity index (χ3v) is 2.87. The number of rotatable bonds is 0. The topological polar surface area (TPSA) is 12.0 Å². The summed E-state index contributed by atoms with van der Waals surface area (Å²) in [5.74, 6) is 0.961. The summed E-state index contributed by atoms with van der Waals surface area (Å²) < 4.78 is 0. The highest BCUT2D eigenvalue weighted by molar-refractivity contribution is 5.02. The SMILES string of the molecule is C[C@H]1CNCC12CC2. The van der Waals surface area contributed by atoms with Gasteiger partial charge in [-0.1, -0.05) is 6.92 Å². The number of nitrogens with one attached hydrogen (secondary N) is 1. The molecular weight excluding hydrogens is 98.1 g/mol. The van der Waals surface area contributed by atoms with Crippen molar-refractivity contribution in [3.63, 3.8) is 0 Å². The molecule has 1 aliphatic carbocycles. The van der Waals surface area contributed by atoms with Crippen molar-refractivity contribution in [2.75, 3.05) is 13.1 Å². The molecule has 2 fully saturated rings. The molecule has 0 aromatic heterocycles. The van der Waals surface area contributed by atoms with Crippen LogP contribution >= 0.6 is 0 Å². The van der Waals surface area contributed by atoms with Crippen LogP contribution in [0.1, 0.15) is 19.8 Å². The Morgan fingerprint density at radius 3 is 2.50 bits per heavy atom. The van der Waals surface area contributed by atoms with Crippen LogP contribution in [-0.2, 0) is 0 Å². The smallest absolute Gasteiger partial charge is 0.00110 e. The lowest BCUT2D eigenvalue weighted by Crippen LogP contribution is -2.09. The summed E-state index contributed by atoms with van der Waals surface area (Å²) in [5, 5.41) is 3.42. The minimum atomic E-state index is 0.792. The number of hydrogen-bond donors (Lipinski definition) is 1. The Labute approximate surface area is 50.5 Å². The Kier molecular flexibility index (Phi) is 0.762. The second-order valence-corrected chi connectivity index (χ2v) is 3.39. The maximum absolute atomic E-state index is 3.42. The molecule has 2 rings (SSSR count). The fraction of sp³-hybridized carbons (Fsp3) is 1.00. The summed E-state index contributed by atoms with van der Waals surface area (Å²) in [7, 11) is 0. The van der Waals surface area contributed by atoms with Gasteiger partial charge in [-0.25, -0.2) is 0 Å². The Bertz CT molecular complexity index is 105. The number of hydrogen-bond acceptors (Lipinski definition) is 1. The van der Waals surface area contributed by atoms with Crippen molar-refractivity contribution in [2.24, 2.45) is 11.3 Å². The van der Waals surface area contributed by atoms with E-state index in [1.807, 2.05) is 0 Å². The van der Waals surface area contributed by atoms with E-state index in [1.165, 1.54) is 25.9 Å². The van der Waals surface area contributed by atoms with Gasteiger partial charge in [0.05, 0.1) is 0 Å². The van der Waals surface area contributed by atoms with Crippen LogP contribution in [0.4, 0.5) is 0 Å². The van der Waals surface area contributed by atoms with Crippen molar-refractivity contribution < 1.29 is 0 Å². The molecule has 1 saturated carbocycles. The van der Waals surface area contributed by atoms with Crippen LogP contribution < -0.4 is 5.32 Å². The van der Waals surface area contributed by atoms with Crippen molar-refractivity contribution in [1.82, 2.24) is 5.32 Å². The van der Waals surface area contributed by atoms with Gasteiger partial charge in [-0.05, 0) is 30.7 Å². The zero-order chi connectivity index (χ0) is 5.61. The lowest BCUT2D eigenvalue weighted by Gasteiger charge is -2.08. The fourth-order valence-corrected chi connectivity index (χ4v) is 1.76. The van der Waals surface area contributed by atoms with E-state index in [4.69, 9.17) is 0 Å². The summed E-state index contributed by atoms with van der Waals surface area (Å²) >= 11 is 0. The van der Waals surface area contributed by atoms with Gasteiger partial charge in [-0.3, -0.25) is 0 Å². The first-order valence-electron chi connectivity index (χ1n) is 3.54. The van der Waals surface area contributed by atoms with Gasteiger partial charge in [0.25, 0.3) is 0 Å². The Morgan fingerprint density at radius 1 is 1.50 bits per heavy atom. The van der Waals surface area contributed by atoms with Gasteiger partial charge in [0.15, 0.2) is 0 Å². The van der Waals surface area contributed by atoms with Gasteiger partial charge in [0.2, 0.25) is 0 Å². The van der Waals surface area contributed by atoms with Crippen molar-refractivity contribution in [1.29, 1.82) is 0 Å². The zero-order valence-electron chi connectivity index (χ0n) is 5.41. The zero-order valence-corrected chi connectivity index (χ0v) is 5.41. The van der Waals surface area contributed by atoms with E-state index < -0.39 is 0 Å². The average molecular weight is 111 g/mol.